The van der Waals surface area contributed by atoms with E-state index in [4.69, 9.17) is 9.47 Å². The van der Waals surface area contributed by atoms with Gasteiger partial charge in [-0.05, 0) is 30.7 Å². The minimum atomic E-state index is 0.120. The summed E-state index contributed by atoms with van der Waals surface area (Å²) < 4.78 is 11.1. The maximum atomic E-state index is 12.6. The van der Waals surface area contributed by atoms with Crippen LogP contribution < -0.4 is 9.47 Å². The van der Waals surface area contributed by atoms with Crippen LogP contribution in [0.5, 0.6) is 11.5 Å². The van der Waals surface area contributed by atoms with Crippen LogP contribution in [0.15, 0.2) is 48.5 Å². The van der Waals surface area contributed by atoms with Gasteiger partial charge in [-0.25, -0.2) is 0 Å². The summed E-state index contributed by atoms with van der Waals surface area (Å²) >= 11 is 0. The van der Waals surface area contributed by atoms with E-state index < -0.39 is 0 Å². The quantitative estimate of drug-likeness (QED) is 0.871. The van der Waals surface area contributed by atoms with Crippen LogP contribution in [-0.2, 0) is 17.8 Å². The molecule has 0 fully saturated rings. The second kappa shape index (κ2) is 7.18. The Hall–Kier alpha value is -2.49. The molecule has 3 rings (SSSR count). The molecule has 120 valence electrons. The van der Waals surface area contributed by atoms with Crippen molar-refractivity contribution in [3.8, 4) is 11.5 Å². The topological polar surface area (TPSA) is 38.8 Å². The molecule has 1 aliphatic heterocycles. The Morgan fingerprint density at radius 3 is 2.74 bits per heavy atom. The van der Waals surface area contributed by atoms with Crippen molar-refractivity contribution in [1.82, 2.24) is 4.90 Å². The SMILES string of the molecule is CCOc1ccc(CC(=O)N2CCOc3ccccc3C2)cc1. The second-order valence-electron chi connectivity index (χ2n) is 5.53. The largest absolute Gasteiger partial charge is 0.494 e. The first kappa shape index (κ1) is 15.4. The average molecular weight is 311 g/mol. The standard InChI is InChI=1S/C19H21NO3/c1-2-22-17-9-7-15(8-10-17)13-19(21)20-11-12-23-18-6-4-3-5-16(18)14-20/h3-10H,2,11-14H2,1H3. The van der Waals surface area contributed by atoms with Gasteiger partial charge in [0, 0.05) is 12.1 Å². The van der Waals surface area contributed by atoms with E-state index in [-0.39, 0.29) is 5.91 Å². The van der Waals surface area contributed by atoms with E-state index in [1.54, 1.807) is 0 Å². The maximum absolute atomic E-state index is 12.6. The van der Waals surface area contributed by atoms with Crippen molar-refractivity contribution in [1.29, 1.82) is 0 Å². The number of fused-ring (bicyclic) bond motifs is 1. The van der Waals surface area contributed by atoms with Crippen LogP contribution in [0.1, 0.15) is 18.1 Å². The van der Waals surface area contributed by atoms with Crippen LogP contribution in [-0.4, -0.2) is 30.6 Å². The first-order chi connectivity index (χ1) is 11.3. The van der Waals surface area contributed by atoms with E-state index in [1.165, 1.54) is 0 Å². The molecule has 0 saturated heterocycles. The number of hydrogen-bond acceptors (Lipinski definition) is 3. The molecule has 0 unspecified atom stereocenters. The van der Waals surface area contributed by atoms with Gasteiger partial charge in [0.15, 0.2) is 0 Å². The predicted molar refractivity (Wildman–Crippen MR) is 88.7 cm³/mol. The molecule has 2 aromatic carbocycles. The smallest absolute Gasteiger partial charge is 0.227 e. The molecule has 4 nitrogen and oxygen atoms in total. The molecular weight excluding hydrogens is 290 g/mol. The molecule has 2 aromatic rings. The zero-order chi connectivity index (χ0) is 16.1. The van der Waals surface area contributed by atoms with Crippen molar-refractivity contribution >= 4 is 5.91 Å². The molecule has 4 heteroatoms. The van der Waals surface area contributed by atoms with Crippen molar-refractivity contribution in [2.45, 2.75) is 19.9 Å². The average Bonchev–Trinajstić information content (AvgIpc) is 2.79. The summed E-state index contributed by atoms with van der Waals surface area (Å²) in [4.78, 5) is 14.4. The van der Waals surface area contributed by atoms with E-state index in [0.29, 0.717) is 32.7 Å². The Kier molecular flexibility index (Phi) is 4.81. The van der Waals surface area contributed by atoms with Crippen molar-refractivity contribution in [3.63, 3.8) is 0 Å². The fraction of sp³-hybridized carbons (Fsp3) is 0.316. The van der Waals surface area contributed by atoms with Gasteiger partial charge in [-0.2, -0.15) is 0 Å². The van der Waals surface area contributed by atoms with Crippen molar-refractivity contribution in [2.75, 3.05) is 19.8 Å². The molecule has 23 heavy (non-hydrogen) atoms. The third kappa shape index (κ3) is 3.83. The Balaban J connectivity index is 1.66. The van der Waals surface area contributed by atoms with Crippen LogP contribution in [0.2, 0.25) is 0 Å². The molecule has 1 heterocycles. The highest BCUT2D eigenvalue weighted by Gasteiger charge is 2.19. The lowest BCUT2D eigenvalue weighted by atomic mass is 10.1. The van der Waals surface area contributed by atoms with Gasteiger partial charge in [-0.3, -0.25) is 4.79 Å². The van der Waals surface area contributed by atoms with Crippen LogP contribution >= 0.6 is 0 Å². The van der Waals surface area contributed by atoms with Crippen molar-refractivity contribution < 1.29 is 14.3 Å². The van der Waals surface area contributed by atoms with Crippen molar-refractivity contribution in [3.05, 3.63) is 59.7 Å². The number of benzene rings is 2. The van der Waals surface area contributed by atoms with Gasteiger partial charge in [0.1, 0.15) is 18.1 Å². The molecule has 0 atom stereocenters. The van der Waals surface area contributed by atoms with E-state index in [0.717, 1.165) is 22.6 Å². The van der Waals surface area contributed by atoms with Crippen LogP contribution in [0.25, 0.3) is 0 Å². The second-order valence-corrected chi connectivity index (χ2v) is 5.53. The zero-order valence-electron chi connectivity index (χ0n) is 13.3. The summed E-state index contributed by atoms with van der Waals surface area (Å²) in [6.07, 6.45) is 0.397. The van der Waals surface area contributed by atoms with E-state index in [2.05, 4.69) is 0 Å². The molecule has 1 aliphatic rings. The number of amides is 1. The number of hydrogen-bond donors (Lipinski definition) is 0. The number of para-hydroxylation sites is 1. The lowest BCUT2D eigenvalue weighted by Gasteiger charge is -2.20. The summed E-state index contributed by atoms with van der Waals surface area (Å²) in [5.41, 5.74) is 2.06. The molecule has 0 N–H and O–H groups in total. The first-order valence-electron chi connectivity index (χ1n) is 7.96. The number of nitrogens with zero attached hydrogens (tertiary/aromatic N) is 1. The van der Waals surface area contributed by atoms with Gasteiger partial charge in [0.2, 0.25) is 5.91 Å². The van der Waals surface area contributed by atoms with Gasteiger partial charge in [0.05, 0.1) is 19.6 Å². The minimum absolute atomic E-state index is 0.120. The Bertz CT molecular complexity index is 667. The van der Waals surface area contributed by atoms with Crippen molar-refractivity contribution in [2.24, 2.45) is 0 Å². The molecular formula is C19H21NO3. The normalized spacial score (nSPS) is 13.7. The van der Waals surface area contributed by atoms with Crippen LogP contribution in [0.3, 0.4) is 0 Å². The summed E-state index contributed by atoms with van der Waals surface area (Å²) in [7, 11) is 0. The fourth-order valence-corrected chi connectivity index (χ4v) is 2.70. The van der Waals surface area contributed by atoms with Gasteiger partial charge in [0.25, 0.3) is 0 Å². The number of carbonyl (C=O) groups is 1. The number of rotatable bonds is 4. The summed E-state index contributed by atoms with van der Waals surface area (Å²) in [5, 5.41) is 0. The van der Waals surface area contributed by atoms with Gasteiger partial charge >= 0.3 is 0 Å². The monoisotopic (exact) mass is 311 g/mol. The fourth-order valence-electron chi connectivity index (χ4n) is 2.70. The van der Waals surface area contributed by atoms with Gasteiger partial charge < -0.3 is 14.4 Å². The van der Waals surface area contributed by atoms with Crippen LogP contribution in [0, 0.1) is 0 Å². The first-order valence-corrected chi connectivity index (χ1v) is 7.96. The molecule has 0 spiro atoms. The molecule has 0 aromatic heterocycles. The van der Waals surface area contributed by atoms with Crippen LogP contribution in [0.4, 0.5) is 0 Å². The number of carbonyl (C=O) groups excluding carboxylic acids is 1. The third-order valence-electron chi connectivity index (χ3n) is 3.89. The third-order valence-corrected chi connectivity index (χ3v) is 3.89. The molecule has 1 amide bonds. The molecule has 0 aliphatic carbocycles. The lowest BCUT2D eigenvalue weighted by molar-refractivity contribution is -0.131. The summed E-state index contributed by atoms with van der Waals surface area (Å²) in [5.74, 6) is 1.83. The zero-order valence-corrected chi connectivity index (χ0v) is 13.3. The Morgan fingerprint density at radius 1 is 1.17 bits per heavy atom. The summed E-state index contributed by atoms with van der Waals surface area (Å²) in [6.45, 7) is 4.35. The van der Waals surface area contributed by atoms with E-state index >= 15 is 0 Å². The molecule has 0 radical (unpaired) electrons. The van der Waals surface area contributed by atoms with Gasteiger partial charge in [-0.1, -0.05) is 30.3 Å². The number of ether oxygens (including phenoxy) is 2. The van der Waals surface area contributed by atoms with E-state index in [9.17, 15) is 4.79 Å². The highest BCUT2D eigenvalue weighted by molar-refractivity contribution is 5.79. The van der Waals surface area contributed by atoms with E-state index in [1.807, 2.05) is 60.4 Å². The maximum Gasteiger partial charge on any atom is 0.227 e. The Morgan fingerprint density at radius 2 is 1.96 bits per heavy atom. The molecule has 0 bridgehead atoms. The summed E-state index contributed by atoms with van der Waals surface area (Å²) in [6, 6.07) is 15.6. The Labute approximate surface area is 136 Å². The van der Waals surface area contributed by atoms with Gasteiger partial charge in [-0.15, -0.1) is 0 Å². The predicted octanol–water partition coefficient (Wildman–Crippen LogP) is 3.05. The highest BCUT2D eigenvalue weighted by atomic mass is 16.5. The lowest BCUT2D eigenvalue weighted by Crippen LogP contribution is -2.33. The minimum Gasteiger partial charge on any atom is -0.494 e. The highest BCUT2D eigenvalue weighted by Crippen LogP contribution is 2.23. The molecule has 0 saturated carbocycles.